The zero-order chi connectivity index (χ0) is 24.2. The first-order valence-corrected chi connectivity index (χ1v) is 12.1. The Morgan fingerprint density at radius 2 is 0.938 bits per heavy atom. The second-order valence-electron chi connectivity index (χ2n) is 8.39. The number of hydrogen-bond acceptors (Lipinski definition) is 6. The van der Waals surface area contributed by atoms with Crippen molar-refractivity contribution in [2.45, 2.75) is 129 Å². The molecule has 0 aromatic rings. The van der Waals surface area contributed by atoms with Crippen LogP contribution in [0.3, 0.4) is 0 Å². The van der Waals surface area contributed by atoms with Gasteiger partial charge >= 0.3 is 23.9 Å². The molecular weight excluding hydrogens is 416 g/mol. The maximum absolute atomic E-state index is 11.8. The molecule has 0 aliphatic heterocycles. The maximum Gasteiger partial charge on any atom is 0.347 e. The van der Waals surface area contributed by atoms with E-state index in [1.54, 1.807) is 0 Å². The van der Waals surface area contributed by atoms with Gasteiger partial charge in [0, 0.05) is 12.8 Å². The van der Waals surface area contributed by atoms with Crippen molar-refractivity contribution in [2.24, 2.45) is 0 Å². The first kappa shape index (κ1) is 29.9. The van der Waals surface area contributed by atoms with Crippen LogP contribution in [-0.4, -0.2) is 46.3 Å². The van der Waals surface area contributed by atoms with E-state index in [9.17, 15) is 19.2 Å². The number of carbonyl (C=O) groups is 4. The molecule has 186 valence electrons. The number of hydrogen-bond donors (Lipinski definition) is 2. The summed E-state index contributed by atoms with van der Waals surface area (Å²) in [5.41, 5.74) is 0. The molecule has 0 saturated heterocycles. The van der Waals surface area contributed by atoms with Crippen molar-refractivity contribution in [3.05, 3.63) is 0 Å². The standard InChI is InChI=1S/C24H42O8/c1-19(23(28)29)32-24(30)20(2)31-22(27)18-16-14-12-10-8-6-4-3-5-7-9-11-13-15-17-21(25)26/h19-20H,3-18H2,1-2H3,(H,25,26)(H,28,29). The molecule has 0 saturated carbocycles. The minimum atomic E-state index is -1.27. The molecule has 0 radical (unpaired) electrons. The number of ether oxygens (including phenoxy) is 2. The number of rotatable bonds is 21. The summed E-state index contributed by atoms with van der Waals surface area (Å²) in [6, 6.07) is 0. The molecule has 8 nitrogen and oxygen atoms in total. The van der Waals surface area contributed by atoms with Crippen LogP contribution in [0.2, 0.25) is 0 Å². The quantitative estimate of drug-likeness (QED) is 0.176. The van der Waals surface area contributed by atoms with Crippen molar-refractivity contribution in [3.63, 3.8) is 0 Å². The second-order valence-corrected chi connectivity index (χ2v) is 8.39. The summed E-state index contributed by atoms with van der Waals surface area (Å²) in [6.07, 6.45) is 13.6. The van der Waals surface area contributed by atoms with Crippen LogP contribution in [0.1, 0.15) is 117 Å². The minimum absolute atomic E-state index is 0.239. The van der Waals surface area contributed by atoms with Gasteiger partial charge in [-0.3, -0.25) is 9.59 Å². The monoisotopic (exact) mass is 458 g/mol. The van der Waals surface area contributed by atoms with E-state index in [2.05, 4.69) is 4.74 Å². The highest BCUT2D eigenvalue weighted by Crippen LogP contribution is 2.14. The Morgan fingerprint density at radius 3 is 1.31 bits per heavy atom. The van der Waals surface area contributed by atoms with E-state index in [-0.39, 0.29) is 12.8 Å². The summed E-state index contributed by atoms with van der Waals surface area (Å²) >= 11 is 0. The van der Waals surface area contributed by atoms with Crippen molar-refractivity contribution in [3.8, 4) is 0 Å². The topological polar surface area (TPSA) is 127 Å². The Labute approximate surface area is 192 Å². The molecular formula is C24H42O8. The number of carboxylic acid groups (broad SMARTS) is 2. The molecule has 0 rings (SSSR count). The lowest BCUT2D eigenvalue weighted by Gasteiger charge is -2.14. The lowest BCUT2D eigenvalue weighted by atomic mass is 10.0. The maximum atomic E-state index is 11.8. The van der Waals surface area contributed by atoms with Crippen LogP contribution < -0.4 is 0 Å². The van der Waals surface area contributed by atoms with Crippen LogP contribution >= 0.6 is 0 Å². The number of carboxylic acids is 2. The van der Waals surface area contributed by atoms with Crippen LogP contribution in [0.5, 0.6) is 0 Å². The molecule has 2 N–H and O–H groups in total. The van der Waals surface area contributed by atoms with Gasteiger partial charge in [0.05, 0.1) is 0 Å². The Hall–Kier alpha value is -2.12. The molecule has 0 aliphatic carbocycles. The molecule has 0 aromatic heterocycles. The van der Waals surface area contributed by atoms with Gasteiger partial charge in [-0.1, -0.05) is 77.0 Å². The highest BCUT2D eigenvalue weighted by molar-refractivity contribution is 5.82. The zero-order valence-electron chi connectivity index (χ0n) is 19.8. The normalized spacial score (nSPS) is 12.7. The van der Waals surface area contributed by atoms with Gasteiger partial charge in [-0.2, -0.15) is 0 Å². The molecule has 0 spiro atoms. The second kappa shape index (κ2) is 19.6. The van der Waals surface area contributed by atoms with E-state index in [0.29, 0.717) is 6.42 Å². The van der Waals surface area contributed by atoms with Gasteiger partial charge in [-0.25, -0.2) is 9.59 Å². The van der Waals surface area contributed by atoms with Crippen LogP contribution in [-0.2, 0) is 28.7 Å². The first-order chi connectivity index (χ1) is 15.2. The van der Waals surface area contributed by atoms with Crippen molar-refractivity contribution in [1.82, 2.24) is 0 Å². The zero-order valence-corrected chi connectivity index (χ0v) is 19.8. The summed E-state index contributed by atoms with van der Waals surface area (Å²) in [5.74, 6) is -3.28. The summed E-state index contributed by atoms with van der Waals surface area (Å²) in [6.45, 7) is 2.61. The third-order valence-corrected chi connectivity index (χ3v) is 5.30. The Bertz CT molecular complexity index is 546. The van der Waals surface area contributed by atoms with Crippen molar-refractivity contribution in [1.29, 1.82) is 0 Å². The van der Waals surface area contributed by atoms with E-state index in [1.807, 2.05) is 0 Å². The van der Waals surface area contributed by atoms with E-state index in [4.69, 9.17) is 14.9 Å². The first-order valence-electron chi connectivity index (χ1n) is 12.1. The van der Waals surface area contributed by atoms with Gasteiger partial charge < -0.3 is 19.7 Å². The fourth-order valence-corrected chi connectivity index (χ4v) is 3.29. The lowest BCUT2D eigenvalue weighted by Crippen LogP contribution is -2.32. The molecule has 0 aliphatic rings. The SMILES string of the molecule is CC(OC(=O)C(C)OC(=O)CCCCCCCCCCCCCCCCC(=O)O)C(=O)O. The molecule has 0 fully saturated rings. The molecule has 0 heterocycles. The fourth-order valence-electron chi connectivity index (χ4n) is 3.29. The van der Waals surface area contributed by atoms with Crippen LogP contribution in [0, 0.1) is 0 Å². The summed E-state index contributed by atoms with van der Waals surface area (Å²) in [5, 5.41) is 17.3. The number of unbranched alkanes of at least 4 members (excludes halogenated alkanes) is 13. The number of esters is 2. The van der Waals surface area contributed by atoms with Crippen LogP contribution in [0.15, 0.2) is 0 Å². The Morgan fingerprint density at radius 1 is 0.562 bits per heavy atom. The lowest BCUT2D eigenvalue weighted by molar-refractivity contribution is -0.174. The van der Waals surface area contributed by atoms with E-state index < -0.39 is 36.1 Å². The Kier molecular flexibility index (Phi) is 18.3. The highest BCUT2D eigenvalue weighted by Gasteiger charge is 2.23. The molecule has 0 bridgehead atoms. The molecule has 2 atom stereocenters. The predicted octanol–water partition coefficient (Wildman–Crippen LogP) is 5.26. The average Bonchev–Trinajstić information content (AvgIpc) is 2.72. The van der Waals surface area contributed by atoms with Crippen molar-refractivity contribution < 1.29 is 38.9 Å². The van der Waals surface area contributed by atoms with E-state index in [0.717, 1.165) is 38.5 Å². The third-order valence-electron chi connectivity index (χ3n) is 5.30. The number of carbonyl (C=O) groups excluding carboxylic acids is 2. The van der Waals surface area contributed by atoms with Gasteiger partial charge in [-0.15, -0.1) is 0 Å². The molecule has 32 heavy (non-hydrogen) atoms. The average molecular weight is 459 g/mol. The highest BCUT2D eigenvalue weighted by atomic mass is 16.6. The molecule has 0 aromatic carbocycles. The van der Waals surface area contributed by atoms with Gasteiger partial charge in [0.1, 0.15) is 0 Å². The molecule has 0 amide bonds. The minimum Gasteiger partial charge on any atom is -0.481 e. The summed E-state index contributed by atoms with van der Waals surface area (Å²) in [7, 11) is 0. The van der Waals surface area contributed by atoms with Gasteiger partial charge in [0.25, 0.3) is 0 Å². The molecule has 2 unspecified atom stereocenters. The smallest absolute Gasteiger partial charge is 0.347 e. The van der Waals surface area contributed by atoms with Crippen LogP contribution in [0.4, 0.5) is 0 Å². The fraction of sp³-hybridized carbons (Fsp3) is 0.833. The van der Waals surface area contributed by atoms with Gasteiger partial charge in [-0.05, 0) is 26.7 Å². The van der Waals surface area contributed by atoms with E-state index in [1.165, 1.54) is 58.8 Å². The van der Waals surface area contributed by atoms with Gasteiger partial charge in [0.2, 0.25) is 0 Å². The van der Waals surface area contributed by atoms with E-state index >= 15 is 0 Å². The predicted molar refractivity (Wildman–Crippen MR) is 120 cm³/mol. The van der Waals surface area contributed by atoms with Crippen LogP contribution in [0.25, 0.3) is 0 Å². The molecule has 8 heteroatoms. The summed E-state index contributed by atoms with van der Waals surface area (Å²) < 4.78 is 9.67. The van der Waals surface area contributed by atoms with Crippen molar-refractivity contribution in [2.75, 3.05) is 0 Å². The Balaban J connectivity index is 3.44. The van der Waals surface area contributed by atoms with Gasteiger partial charge in [0.15, 0.2) is 12.2 Å². The largest absolute Gasteiger partial charge is 0.481 e. The summed E-state index contributed by atoms with van der Waals surface area (Å²) in [4.78, 5) is 44.5. The van der Waals surface area contributed by atoms with Crippen molar-refractivity contribution >= 4 is 23.9 Å². The number of aliphatic carboxylic acids is 2. The third kappa shape index (κ3) is 18.6.